The topological polar surface area (TPSA) is 86.7 Å². The van der Waals surface area contributed by atoms with Gasteiger partial charge >= 0.3 is 11.9 Å². The van der Waals surface area contributed by atoms with Crippen molar-refractivity contribution in [3.05, 3.63) is 11.1 Å². The van der Waals surface area contributed by atoms with E-state index in [1.54, 1.807) is 13.8 Å². The largest absolute Gasteiger partial charge is 0.462 e. The molecule has 0 radical (unpaired) electrons. The number of ketones is 2. The van der Waals surface area contributed by atoms with Crippen LogP contribution in [0.2, 0.25) is 0 Å². The molecule has 0 atom stereocenters. The Morgan fingerprint density at radius 2 is 0.950 bits per heavy atom. The van der Waals surface area contributed by atoms with E-state index in [1.165, 1.54) is 13.8 Å². The normalized spacial score (nSPS) is 11.4. The Hall–Kier alpha value is -1.98. The number of hydrogen-bond acceptors (Lipinski definition) is 6. The molecule has 0 bridgehead atoms. The van der Waals surface area contributed by atoms with Crippen LogP contribution in [0.25, 0.3) is 0 Å². The van der Waals surface area contributed by atoms with Crippen LogP contribution in [0.1, 0.15) is 40.5 Å². The molecule has 0 N–H and O–H groups in total. The van der Waals surface area contributed by atoms with E-state index in [2.05, 4.69) is 0 Å². The minimum atomic E-state index is -0.968. The Morgan fingerprint density at radius 3 is 1.15 bits per heavy atom. The van der Waals surface area contributed by atoms with Crippen molar-refractivity contribution >= 4 is 23.5 Å². The predicted molar refractivity (Wildman–Crippen MR) is 70.9 cm³/mol. The van der Waals surface area contributed by atoms with Crippen LogP contribution in [-0.2, 0) is 28.7 Å². The second-order valence-electron chi connectivity index (χ2n) is 3.74. The van der Waals surface area contributed by atoms with E-state index in [-0.39, 0.29) is 26.1 Å². The van der Waals surface area contributed by atoms with Crippen molar-refractivity contribution in [2.45, 2.75) is 40.5 Å². The van der Waals surface area contributed by atoms with Gasteiger partial charge in [0.25, 0.3) is 0 Å². The molecule has 0 amide bonds. The van der Waals surface area contributed by atoms with Gasteiger partial charge < -0.3 is 9.47 Å². The molecule has 0 unspecified atom stereocenters. The molecule has 0 aromatic rings. The van der Waals surface area contributed by atoms with Crippen molar-refractivity contribution in [1.82, 2.24) is 0 Å². The van der Waals surface area contributed by atoms with Gasteiger partial charge in [0.05, 0.1) is 13.2 Å². The average molecular weight is 284 g/mol. The summed E-state index contributed by atoms with van der Waals surface area (Å²) in [5, 5.41) is 0. The van der Waals surface area contributed by atoms with Crippen LogP contribution >= 0.6 is 0 Å². The zero-order valence-corrected chi connectivity index (χ0v) is 12.3. The van der Waals surface area contributed by atoms with Crippen molar-refractivity contribution < 1.29 is 28.7 Å². The van der Waals surface area contributed by atoms with Gasteiger partial charge in [-0.3, -0.25) is 9.59 Å². The molecule has 6 heteroatoms. The number of hydrogen-bond donors (Lipinski definition) is 0. The third kappa shape index (κ3) is 4.60. The van der Waals surface area contributed by atoms with E-state index in [0.717, 1.165) is 0 Å². The summed E-state index contributed by atoms with van der Waals surface area (Å²) in [7, 11) is 0. The number of rotatable bonds is 8. The third-order valence-electron chi connectivity index (χ3n) is 2.41. The lowest BCUT2D eigenvalue weighted by Crippen LogP contribution is -2.26. The highest BCUT2D eigenvalue weighted by atomic mass is 16.5. The van der Waals surface area contributed by atoms with Crippen LogP contribution < -0.4 is 0 Å². The van der Waals surface area contributed by atoms with Crippen LogP contribution in [-0.4, -0.2) is 36.7 Å². The Bertz CT molecular complexity index is 393. The van der Waals surface area contributed by atoms with Gasteiger partial charge in [-0.2, -0.15) is 0 Å². The van der Waals surface area contributed by atoms with Gasteiger partial charge in [-0.05, 0) is 13.8 Å². The summed E-state index contributed by atoms with van der Waals surface area (Å²) in [5.74, 6) is -3.17. The fraction of sp³-hybridized carbons (Fsp3) is 0.571. The Balaban J connectivity index is 5.97. The molecule has 0 aliphatic heterocycles. The minimum absolute atomic E-state index is 0.0198. The summed E-state index contributed by atoms with van der Waals surface area (Å²) in [5.41, 5.74) is -1.03. The van der Waals surface area contributed by atoms with Gasteiger partial charge in [-0.25, -0.2) is 9.59 Å². The number of carbonyl (C=O) groups excluding carboxylic acids is 4. The highest BCUT2D eigenvalue weighted by Crippen LogP contribution is 2.15. The molecule has 0 aromatic carbocycles. The van der Waals surface area contributed by atoms with E-state index in [9.17, 15) is 19.2 Å². The van der Waals surface area contributed by atoms with Crippen LogP contribution in [0.5, 0.6) is 0 Å². The molecule has 0 aliphatic carbocycles. The summed E-state index contributed by atoms with van der Waals surface area (Å²) in [6.45, 7) is 6.27. The molecule has 6 nitrogen and oxygen atoms in total. The molecule has 20 heavy (non-hydrogen) atoms. The van der Waals surface area contributed by atoms with Crippen LogP contribution in [0.4, 0.5) is 0 Å². The quantitative estimate of drug-likeness (QED) is 0.289. The first-order chi connectivity index (χ1) is 9.44. The van der Waals surface area contributed by atoms with Gasteiger partial charge in [0.2, 0.25) is 0 Å². The summed E-state index contributed by atoms with van der Waals surface area (Å²) in [6.07, 6.45) is -0.0396. The first-order valence-electron chi connectivity index (χ1n) is 6.59. The molecular weight excluding hydrogens is 264 g/mol. The van der Waals surface area contributed by atoms with Crippen molar-refractivity contribution in [3.63, 3.8) is 0 Å². The van der Waals surface area contributed by atoms with Gasteiger partial charge in [0.1, 0.15) is 11.1 Å². The van der Waals surface area contributed by atoms with E-state index in [0.29, 0.717) is 0 Å². The average Bonchev–Trinajstić information content (AvgIpc) is 2.43. The maximum atomic E-state index is 11.9. The molecule has 0 fully saturated rings. The molecule has 112 valence electrons. The summed E-state index contributed by atoms with van der Waals surface area (Å²) in [4.78, 5) is 47.5. The number of esters is 2. The molecule has 0 saturated heterocycles. The first-order valence-corrected chi connectivity index (χ1v) is 6.59. The molecule has 0 saturated carbocycles. The SMILES string of the molecule is CCOC(=O)/C(C(=O)CC)=C(\C(=O)CC)C(=O)OCC. The van der Waals surface area contributed by atoms with Gasteiger partial charge in [-0.1, -0.05) is 13.8 Å². The number of carbonyl (C=O) groups is 4. The third-order valence-corrected chi connectivity index (χ3v) is 2.41. The van der Waals surface area contributed by atoms with Crippen molar-refractivity contribution in [3.8, 4) is 0 Å². The van der Waals surface area contributed by atoms with Crippen molar-refractivity contribution in [2.24, 2.45) is 0 Å². The highest BCUT2D eigenvalue weighted by Gasteiger charge is 2.31. The predicted octanol–water partition coefficient (Wildman–Crippen LogP) is 1.37. The van der Waals surface area contributed by atoms with Crippen LogP contribution in [0.3, 0.4) is 0 Å². The van der Waals surface area contributed by atoms with E-state index >= 15 is 0 Å². The van der Waals surface area contributed by atoms with Crippen LogP contribution in [0, 0.1) is 0 Å². The zero-order valence-electron chi connectivity index (χ0n) is 12.3. The standard InChI is InChI=1S/C14H20O6/c1-5-9(15)11(13(17)19-7-3)12(10(16)6-2)14(18)20-8-4/h5-8H2,1-4H3/b12-11+. The van der Waals surface area contributed by atoms with Gasteiger partial charge in [-0.15, -0.1) is 0 Å². The number of Topliss-reactive ketones (excluding diaryl/α,β-unsaturated/α-hetero) is 2. The molecule has 0 heterocycles. The fourth-order valence-electron chi connectivity index (χ4n) is 1.47. The zero-order chi connectivity index (χ0) is 15.7. The highest BCUT2D eigenvalue weighted by molar-refractivity contribution is 6.30. The van der Waals surface area contributed by atoms with Crippen molar-refractivity contribution in [2.75, 3.05) is 13.2 Å². The van der Waals surface area contributed by atoms with Gasteiger partial charge in [0, 0.05) is 12.8 Å². The summed E-state index contributed by atoms with van der Waals surface area (Å²) in [6, 6.07) is 0. The maximum Gasteiger partial charge on any atom is 0.342 e. The smallest absolute Gasteiger partial charge is 0.342 e. The summed E-state index contributed by atoms with van der Waals surface area (Å²) < 4.78 is 9.51. The van der Waals surface area contributed by atoms with E-state index in [1.807, 2.05) is 0 Å². The summed E-state index contributed by atoms with van der Waals surface area (Å²) >= 11 is 0. The minimum Gasteiger partial charge on any atom is -0.462 e. The Kier molecular flexibility index (Phi) is 8.12. The van der Waals surface area contributed by atoms with Crippen LogP contribution in [0.15, 0.2) is 11.1 Å². The first kappa shape index (κ1) is 18.0. The van der Waals surface area contributed by atoms with Gasteiger partial charge in [0.15, 0.2) is 11.6 Å². The van der Waals surface area contributed by atoms with E-state index < -0.39 is 34.7 Å². The number of ether oxygens (including phenoxy) is 2. The molecule has 0 rings (SSSR count). The molecule has 0 aromatic heterocycles. The second-order valence-corrected chi connectivity index (χ2v) is 3.74. The Labute approximate surface area is 118 Å². The Morgan fingerprint density at radius 1 is 0.650 bits per heavy atom. The molecular formula is C14H20O6. The molecule has 0 spiro atoms. The fourth-order valence-corrected chi connectivity index (χ4v) is 1.47. The molecule has 0 aliphatic rings. The maximum absolute atomic E-state index is 11.9. The van der Waals surface area contributed by atoms with Crippen molar-refractivity contribution in [1.29, 1.82) is 0 Å². The lowest BCUT2D eigenvalue weighted by Gasteiger charge is -2.11. The van der Waals surface area contributed by atoms with E-state index in [4.69, 9.17) is 9.47 Å². The lowest BCUT2D eigenvalue weighted by molar-refractivity contribution is -0.144. The second kappa shape index (κ2) is 9.01. The lowest BCUT2D eigenvalue weighted by atomic mass is 9.97. The monoisotopic (exact) mass is 284 g/mol.